The molecule has 0 aliphatic carbocycles. The summed E-state index contributed by atoms with van der Waals surface area (Å²) in [6, 6.07) is 15.3. The number of benzene rings is 3. The van der Waals surface area contributed by atoms with Gasteiger partial charge in [0.25, 0.3) is 11.8 Å². The predicted molar refractivity (Wildman–Crippen MR) is 180 cm³/mol. The molecule has 3 aliphatic rings. The summed E-state index contributed by atoms with van der Waals surface area (Å²) in [5, 5.41) is 2.47. The Morgan fingerprint density at radius 2 is 1.62 bits per heavy atom. The van der Waals surface area contributed by atoms with Gasteiger partial charge in [-0.3, -0.25) is 24.2 Å². The highest BCUT2D eigenvalue weighted by molar-refractivity contribution is 7.09. The van der Waals surface area contributed by atoms with Crippen molar-refractivity contribution in [2.45, 2.75) is 31.4 Å². The number of ether oxygens (including phenoxy) is 2. The molecular weight excluding hydrogens is 671 g/mol. The van der Waals surface area contributed by atoms with Crippen molar-refractivity contribution in [3.05, 3.63) is 93.4 Å². The molecule has 0 bridgehead atoms. The maximum absolute atomic E-state index is 13.8. The zero-order valence-corrected chi connectivity index (χ0v) is 28.0. The first-order valence-corrected chi connectivity index (χ1v) is 16.9. The molecule has 0 N–H and O–H groups in total. The highest BCUT2D eigenvalue weighted by Gasteiger charge is 2.40. The van der Waals surface area contributed by atoms with Gasteiger partial charge in [-0.25, -0.2) is 9.98 Å². The van der Waals surface area contributed by atoms with Crippen molar-refractivity contribution in [2.24, 2.45) is 4.99 Å². The van der Waals surface area contributed by atoms with Crippen LogP contribution in [0.1, 0.15) is 55.7 Å². The molecule has 3 aliphatic heterocycles. The van der Waals surface area contributed by atoms with Crippen molar-refractivity contribution in [1.82, 2.24) is 19.7 Å². The fraction of sp³-hybridized carbons (Fsp3) is 0.306. The molecule has 50 heavy (non-hydrogen) atoms. The van der Waals surface area contributed by atoms with Gasteiger partial charge in [0, 0.05) is 42.6 Å². The van der Waals surface area contributed by atoms with Crippen LogP contribution in [-0.2, 0) is 17.4 Å². The normalized spacial score (nSPS) is 16.5. The number of carbonyl (C=O) groups excluding carboxylic acids is 3. The van der Waals surface area contributed by atoms with Gasteiger partial charge in [0.15, 0.2) is 11.5 Å². The lowest BCUT2D eigenvalue weighted by Crippen LogP contribution is -2.38. The van der Waals surface area contributed by atoms with Gasteiger partial charge < -0.3 is 14.4 Å². The molecule has 4 aromatic rings. The summed E-state index contributed by atoms with van der Waals surface area (Å²) in [6.07, 6.45) is -2.67. The van der Waals surface area contributed by atoms with Crippen LogP contribution < -0.4 is 9.47 Å². The minimum atomic E-state index is -4.45. The number of methoxy groups -OCH3 is 2. The van der Waals surface area contributed by atoms with Crippen LogP contribution >= 0.6 is 11.3 Å². The highest BCUT2D eigenvalue weighted by atomic mass is 32.1. The van der Waals surface area contributed by atoms with Gasteiger partial charge >= 0.3 is 6.18 Å². The molecule has 1 aromatic heterocycles. The van der Waals surface area contributed by atoms with E-state index in [1.807, 2.05) is 6.07 Å². The molecule has 258 valence electrons. The number of carbonyl (C=O) groups is 3. The van der Waals surface area contributed by atoms with E-state index in [9.17, 15) is 27.6 Å². The standard InChI is InChI=1S/C36H32F3N5O5S/c1-48-29-17-23-13-16-43-31(45)19-44(35(43)41-27(23)18-30(29)49-2)34(47)28-20-50-32(40-28)22-11-14-42(15-12-22)33(46)26-6-4-3-5-25(26)21-7-9-24(10-8-21)36(37,38)39/h3-10,17-18,20,22H,11-16,19H2,1-2H3. The monoisotopic (exact) mass is 703 g/mol. The summed E-state index contributed by atoms with van der Waals surface area (Å²) < 4.78 is 50.2. The van der Waals surface area contributed by atoms with Crippen LogP contribution in [0.3, 0.4) is 0 Å². The van der Waals surface area contributed by atoms with Crippen molar-refractivity contribution in [2.75, 3.05) is 40.4 Å². The molecule has 3 aromatic carbocycles. The van der Waals surface area contributed by atoms with Gasteiger partial charge in [0.1, 0.15) is 12.2 Å². The zero-order valence-electron chi connectivity index (χ0n) is 27.2. The lowest BCUT2D eigenvalue weighted by Gasteiger charge is -2.31. The van der Waals surface area contributed by atoms with E-state index in [1.54, 1.807) is 47.7 Å². The molecule has 0 spiro atoms. The quantitative estimate of drug-likeness (QED) is 0.231. The average Bonchev–Trinajstić information content (AvgIpc) is 3.69. The molecule has 14 heteroatoms. The number of alkyl halides is 3. The fourth-order valence-electron chi connectivity index (χ4n) is 6.58. The number of guanidine groups is 1. The van der Waals surface area contributed by atoms with Crippen molar-refractivity contribution in [3.63, 3.8) is 0 Å². The molecule has 2 fully saturated rings. The van der Waals surface area contributed by atoms with Crippen LogP contribution in [0, 0.1) is 0 Å². The van der Waals surface area contributed by atoms with Crippen molar-refractivity contribution < 1.29 is 37.0 Å². The Balaban J connectivity index is 1.04. The summed E-state index contributed by atoms with van der Waals surface area (Å²) in [7, 11) is 3.08. The molecule has 7 rings (SSSR count). The topological polar surface area (TPSA) is 105 Å². The maximum atomic E-state index is 13.8. The number of amides is 3. The number of likely N-dealkylation sites (tertiary alicyclic amines) is 1. The third-order valence-corrected chi connectivity index (χ3v) is 10.3. The number of fused-ring (bicyclic) bond motifs is 2. The Morgan fingerprint density at radius 1 is 0.920 bits per heavy atom. The van der Waals surface area contributed by atoms with Gasteiger partial charge in [-0.1, -0.05) is 30.3 Å². The van der Waals surface area contributed by atoms with Crippen LogP contribution in [0.15, 0.2) is 71.0 Å². The molecule has 0 unspecified atom stereocenters. The molecule has 0 radical (unpaired) electrons. The number of aromatic nitrogens is 1. The van der Waals surface area contributed by atoms with Gasteiger partial charge in [-0.05, 0) is 60.2 Å². The second-order valence-electron chi connectivity index (χ2n) is 12.2. The minimum Gasteiger partial charge on any atom is -0.493 e. The summed E-state index contributed by atoms with van der Waals surface area (Å²) in [4.78, 5) is 54.5. The van der Waals surface area contributed by atoms with Gasteiger partial charge in [-0.2, -0.15) is 13.2 Å². The maximum Gasteiger partial charge on any atom is 0.416 e. The number of hydrogen-bond donors (Lipinski definition) is 0. The summed E-state index contributed by atoms with van der Waals surface area (Å²) in [5.41, 5.74) is 2.45. The van der Waals surface area contributed by atoms with Crippen LogP contribution in [-0.4, -0.2) is 83.8 Å². The Morgan fingerprint density at radius 3 is 2.32 bits per heavy atom. The van der Waals surface area contributed by atoms with E-state index >= 15 is 0 Å². The number of hydrogen-bond acceptors (Lipinski definition) is 8. The number of piperidine rings is 1. The van der Waals surface area contributed by atoms with Gasteiger partial charge in [-0.15, -0.1) is 11.3 Å². The Bertz CT molecular complexity index is 2000. The van der Waals surface area contributed by atoms with Crippen LogP contribution in [0.2, 0.25) is 0 Å². The average molecular weight is 704 g/mol. The molecule has 4 heterocycles. The SMILES string of the molecule is COc1cc2c(cc1OC)N=C1N(CC2)C(=O)CN1C(=O)c1csc(C2CCN(C(=O)c3ccccc3-c3ccc(C(F)(F)F)cc3)CC2)n1. The van der Waals surface area contributed by atoms with E-state index in [4.69, 9.17) is 14.5 Å². The summed E-state index contributed by atoms with van der Waals surface area (Å²) in [5.74, 6) is 0.488. The molecular formula is C36H32F3N5O5S. The third-order valence-electron chi connectivity index (χ3n) is 9.29. The van der Waals surface area contributed by atoms with E-state index in [2.05, 4.69) is 4.98 Å². The fourth-order valence-corrected chi connectivity index (χ4v) is 7.55. The van der Waals surface area contributed by atoms with Gasteiger partial charge in [0.2, 0.25) is 11.9 Å². The van der Waals surface area contributed by atoms with E-state index in [1.165, 1.54) is 40.4 Å². The molecule has 3 amide bonds. The molecule has 0 atom stereocenters. The Kier molecular flexibility index (Phi) is 8.80. The lowest BCUT2D eigenvalue weighted by atomic mass is 9.94. The van der Waals surface area contributed by atoms with E-state index in [0.717, 1.165) is 22.7 Å². The number of halogens is 3. The second kappa shape index (κ2) is 13.2. The predicted octanol–water partition coefficient (Wildman–Crippen LogP) is 6.39. The van der Waals surface area contributed by atoms with E-state index < -0.39 is 17.6 Å². The van der Waals surface area contributed by atoms with Gasteiger partial charge in [0.05, 0.1) is 30.5 Å². The Hall–Kier alpha value is -5.24. The van der Waals surface area contributed by atoms with Crippen molar-refractivity contribution in [1.29, 1.82) is 0 Å². The summed E-state index contributed by atoms with van der Waals surface area (Å²) >= 11 is 1.37. The van der Waals surface area contributed by atoms with Crippen LogP contribution in [0.25, 0.3) is 11.1 Å². The summed E-state index contributed by atoms with van der Waals surface area (Å²) in [6.45, 7) is 1.13. The second-order valence-corrected chi connectivity index (χ2v) is 13.1. The highest BCUT2D eigenvalue weighted by Crippen LogP contribution is 2.38. The largest absolute Gasteiger partial charge is 0.493 e. The smallest absolute Gasteiger partial charge is 0.416 e. The van der Waals surface area contributed by atoms with E-state index in [0.29, 0.717) is 72.8 Å². The zero-order chi connectivity index (χ0) is 35.2. The first kappa shape index (κ1) is 33.3. The van der Waals surface area contributed by atoms with Crippen LogP contribution in [0.4, 0.5) is 18.9 Å². The number of rotatable bonds is 6. The first-order chi connectivity index (χ1) is 24.0. The molecule has 0 saturated carbocycles. The lowest BCUT2D eigenvalue weighted by molar-refractivity contribution is -0.137. The van der Waals surface area contributed by atoms with Crippen molar-refractivity contribution >= 4 is 40.7 Å². The van der Waals surface area contributed by atoms with Crippen molar-refractivity contribution in [3.8, 4) is 22.6 Å². The first-order valence-electron chi connectivity index (χ1n) is 16.0. The third kappa shape index (κ3) is 6.19. The Labute approximate surface area is 289 Å². The number of thiazole rings is 1. The number of aliphatic imine (C=N–C) groups is 1. The molecule has 10 nitrogen and oxygen atoms in total. The molecule has 2 saturated heterocycles. The van der Waals surface area contributed by atoms with E-state index in [-0.39, 0.29) is 35.9 Å². The number of nitrogens with zero attached hydrogens (tertiary/aromatic N) is 5. The van der Waals surface area contributed by atoms with Crippen LogP contribution in [0.5, 0.6) is 11.5 Å². The minimum absolute atomic E-state index is 0.0250.